The van der Waals surface area contributed by atoms with E-state index in [-0.39, 0.29) is 5.82 Å². The molecule has 1 saturated carbocycles. The van der Waals surface area contributed by atoms with Gasteiger partial charge in [-0.2, -0.15) is 4.57 Å². The fourth-order valence-electron chi connectivity index (χ4n) is 5.59. The number of rotatable bonds is 3. The van der Waals surface area contributed by atoms with Gasteiger partial charge in [-0.25, -0.2) is 4.39 Å². The Kier molecular flexibility index (Phi) is 5.17. The lowest BCUT2D eigenvalue weighted by molar-refractivity contribution is -0.660. The van der Waals surface area contributed by atoms with Crippen molar-refractivity contribution in [1.29, 1.82) is 0 Å². The zero-order valence-corrected chi connectivity index (χ0v) is 19.6. The highest BCUT2D eigenvalue weighted by Crippen LogP contribution is 2.42. The number of aromatic nitrogens is 2. The highest BCUT2D eigenvalue weighted by molar-refractivity contribution is 6.13. The predicted molar refractivity (Wildman–Crippen MR) is 134 cm³/mol. The lowest BCUT2D eigenvalue weighted by Gasteiger charge is -2.22. The molecule has 0 bridgehead atoms. The number of halogens is 1. The van der Waals surface area contributed by atoms with Gasteiger partial charge in [-0.05, 0) is 54.5 Å². The van der Waals surface area contributed by atoms with Crippen molar-refractivity contribution in [1.82, 2.24) is 4.98 Å². The van der Waals surface area contributed by atoms with Crippen LogP contribution in [0.2, 0.25) is 0 Å². The first-order valence-corrected chi connectivity index (χ1v) is 12.2. The third-order valence-corrected chi connectivity index (χ3v) is 7.45. The summed E-state index contributed by atoms with van der Waals surface area (Å²) in [5.41, 5.74) is 7.15. The molecule has 0 aliphatic heterocycles. The van der Waals surface area contributed by atoms with Gasteiger partial charge in [0.25, 0.3) is 0 Å². The van der Waals surface area contributed by atoms with Crippen LogP contribution in [0, 0.1) is 12.7 Å². The molecule has 2 aromatic heterocycles. The minimum absolute atomic E-state index is 0.262. The van der Waals surface area contributed by atoms with Gasteiger partial charge in [-0.3, -0.25) is 4.98 Å². The van der Waals surface area contributed by atoms with Crippen LogP contribution in [0.4, 0.5) is 4.39 Å². The summed E-state index contributed by atoms with van der Waals surface area (Å²) >= 11 is 0. The molecule has 0 atom stereocenters. The number of nitrogens with zero attached hydrogens (tertiary/aromatic N) is 2. The summed E-state index contributed by atoms with van der Waals surface area (Å²) in [5.74, 6) is 0.363. The van der Waals surface area contributed by atoms with Crippen LogP contribution < -0.4 is 4.57 Å². The van der Waals surface area contributed by atoms with Gasteiger partial charge in [0.1, 0.15) is 24.0 Å². The molecule has 170 valence electrons. The molecule has 5 aromatic rings. The van der Waals surface area contributed by atoms with E-state index in [0.717, 1.165) is 38.7 Å². The summed E-state index contributed by atoms with van der Waals surface area (Å²) in [4.78, 5) is 4.33. The van der Waals surface area contributed by atoms with Gasteiger partial charge in [-0.15, -0.1) is 0 Å². The molecule has 34 heavy (non-hydrogen) atoms. The number of fused-ring (bicyclic) bond motifs is 3. The minimum Gasteiger partial charge on any atom is -0.454 e. The summed E-state index contributed by atoms with van der Waals surface area (Å²) in [7, 11) is 2.00. The summed E-state index contributed by atoms with van der Waals surface area (Å²) in [6.45, 7) is 2.07. The molecule has 0 radical (unpaired) electrons. The summed E-state index contributed by atoms with van der Waals surface area (Å²) in [6, 6.07) is 16.0. The molecule has 0 amide bonds. The SMILES string of the molecule is Cc1ccc2c(oc3c(-c4ccc(C5CCCCC5)cc4)c(F)ccc32)c1-c1cncc[n+]1C. The Bertz CT molecular complexity index is 1510. The third-order valence-electron chi connectivity index (χ3n) is 7.45. The van der Waals surface area contributed by atoms with Gasteiger partial charge in [0.2, 0.25) is 5.69 Å². The van der Waals surface area contributed by atoms with E-state index >= 15 is 4.39 Å². The molecule has 0 N–H and O–H groups in total. The lowest BCUT2D eigenvalue weighted by atomic mass is 9.83. The molecule has 2 heterocycles. The molecule has 0 saturated heterocycles. The van der Waals surface area contributed by atoms with Crippen molar-refractivity contribution in [3.05, 3.63) is 84.1 Å². The number of hydrogen-bond donors (Lipinski definition) is 0. The Morgan fingerprint density at radius 2 is 1.59 bits per heavy atom. The second-order valence-electron chi connectivity index (χ2n) is 9.56. The number of aryl methyl sites for hydroxylation is 2. The van der Waals surface area contributed by atoms with Crippen LogP contribution in [-0.4, -0.2) is 4.98 Å². The molecule has 3 aromatic carbocycles. The van der Waals surface area contributed by atoms with Crippen LogP contribution in [0.3, 0.4) is 0 Å². The van der Waals surface area contributed by atoms with Crippen molar-refractivity contribution in [3.8, 4) is 22.4 Å². The van der Waals surface area contributed by atoms with Gasteiger partial charge in [0.15, 0.2) is 6.20 Å². The molecule has 0 spiro atoms. The van der Waals surface area contributed by atoms with E-state index in [0.29, 0.717) is 17.1 Å². The normalized spacial score (nSPS) is 14.8. The Morgan fingerprint density at radius 1 is 0.882 bits per heavy atom. The Morgan fingerprint density at radius 3 is 2.32 bits per heavy atom. The van der Waals surface area contributed by atoms with E-state index in [2.05, 4.69) is 48.3 Å². The maximum atomic E-state index is 15.3. The topological polar surface area (TPSA) is 29.9 Å². The standard InChI is InChI=1S/C30H28FN2O/c1-19-8-13-23-24-14-15-25(31)28(22-11-9-21(10-12-22)20-6-4-3-5-7-20)30(24)34-29(23)27(19)26-18-32-16-17-33(26)2/h8-18,20H,3-7H2,1-2H3/q+1. The first-order chi connectivity index (χ1) is 16.6. The monoisotopic (exact) mass is 451 g/mol. The highest BCUT2D eigenvalue weighted by Gasteiger charge is 2.23. The smallest absolute Gasteiger partial charge is 0.234 e. The third kappa shape index (κ3) is 3.40. The second kappa shape index (κ2) is 8.35. The molecule has 1 aliphatic carbocycles. The quantitative estimate of drug-likeness (QED) is 0.264. The fraction of sp³-hybridized carbons (Fsp3) is 0.267. The average molecular weight is 452 g/mol. The first-order valence-electron chi connectivity index (χ1n) is 12.2. The van der Waals surface area contributed by atoms with E-state index in [9.17, 15) is 0 Å². The van der Waals surface area contributed by atoms with Gasteiger partial charge < -0.3 is 4.42 Å². The largest absolute Gasteiger partial charge is 0.454 e. The minimum atomic E-state index is -0.262. The van der Waals surface area contributed by atoms with Gasteiger partial charge in [0, 0.05) is 10.8 Å². The van der Waals surface area contributed by atoms with E-state index in [1.807, 2.05) is 30.1 Å². The molecule has 3 nitrogen and oxygen atoms in total. The zero-order chi connectivity index (χ0) is 23.2. The number of furan rings is 1. The fourth-order valence-corrected chi connectivity index (χ4v) is 5.59. The lowest BCUT2D eigenvalue weighted by Crippen LogP contribution is -2.30. The Labute approximate surface area is 198 Å². The summed E-state index contributed by atoms with van der Waals surface area (Å²) < 4.78 is 23.8. The molecule has 6 rings (SSSR count). The summed E-state index contributed by atoms with van der Waals surface area (Å²) in [5, 5.41) is 1.91. The van der Waals surface area contributed by atoms with Crippen molar-refractivity contribution in [2.75, 3.05) is 0 Å². The molecular weight excluding hydrogens is 423 g/mol. The molecular formula is C30H28FN2O+. The van der Waals surface area contributed by atoms with Crippen LogP contribution in [0.15, 0.2) is 71.5 Å². The Hall–Kier alpha value is -3.53. The van der Waals surface area contributed by atoms with Gasteiger partial charge in [-0.1, -0.05) is 55.7 Å². The van der Waals surface area contributed by atoms with Gasteiger partial charge >= 0.3 is 0 Å². The van der Waals surface area contributed by atoms with Crippen LogP contribution in [0.5, 0.6) is 0 Å². The van der Waals surface area contributed by atoms with E-state index in [1.54, 1.807) is 12.3 Å². The molecule has 1 aliphatic rings. The van der Waals surface area contributed by atoms with Gasteiger partial charge in [0.05, 0.1) is 23.5 Å². The zero-order valence-electron chi connectivity index (χ0n) is 19.6. The molecule has 0 unspecified atom stereocenters. The van der Waals surface area contributed by atoms with Crippen molar-refractivity contribution in [2.45, 2.75) is 44.9 Å². The van der Waals surface area contributed by atoms with Crippen LogP contribution >= 0.6 is 0 Å². The highest BCUT2D eigenvalue weighted by atomic mass is 19.1. The Balaban J connectivity index is 1.54. The van der Waals surface area contributed by atoms with Crippen LogP contribution in [-0.2, 0) is 7.05 Å². The molecule has 4 heteroatoms. The number of hydrogen-bond acceptors (Lipinski definition) is 2. The van der Waals surface area contributed by atoms with Crippen LogP contribution in [0.1, 0.15) is 49.1 Å². The number of benzene rings is 3. The predicted octanol–water partition coefficient (Wildman–Crippen LogP) is 7.63. The van der Waals surface area contributed by atoms with E-state index < -0.39 is 0 Å². The van der Waals surface area contributed by atoms with Crippen molar-refractivity contribution in [2.24, 2.45) is 7.05 Å². The molecule has 1 fully saturated rings. The first kappa shape index (κ1) is 21.0. The maximum Gasteiger partial charge on any atom is 0.234 e. The van der Waals surface area contributed by atoms with Crippen molar-refractivity contribution in [3.63, 3.8) is 0 Å². The summed E-state index contributed by atoms with van der Waals surface area (Å²) in [6.07, 6.45) is 12.0. The second-order valence-corrected chi connectivity index (χ2v) is 9.56. The maximum absolute atomic E-state index is 15.3. The van der Waals surface area contributed by atoms with Crippen LogP contribution in [0.25, 0.3) is 44.3 Å². The van der Waals surface area contributed by atoms with Crippen molar-refractivity contribution >= 4 is 21.9 Å². The average Bonchev–Trinajstić information content (AvgIpc) is 3.24. The van der Waals surface area contributed by atoms with E-state index in [4.69, 9.17) is 4.42 Å². The van der Waals surface area contributed by atoms with Crippen molar-refractivity contribution < 1.29 is 13.4 Å². The van der Waals surface area contributed by atoms with E-state index in [1.165, 1.54) is 37.7 Å².